The molecule has 7 nitrogen and oxygen atoms in total. The first kappa shape index (κ1) is 21.4. The van der Waals surface area contributed by atoms with Gasteiger partial charge in [0, 0.05) is 11.9 Å². The quantitative estimate of drug-likeness (QED) is 0.583. The number of hydrogen-bond acceptors (Lipinski definition) is 6. The number of benzene rings is 1. The molecule has 1 aliphatic rings. The summed E-state index contributed by atoms with van der Waals surface area (Å²) >= 11 is 0. The number of ether oxygens (including phenoxy) is 1. The molecule has 1 aliphatic heterocycles. The highest BCUT2D eigenvalue weighted by atomic mass is 32.2. The van der Waals surface area contributed by atoms with Crippen LogP contribution >= 0.6 is 0 Å². The number of hydrogen-bond donors (Lipinski definition) is 2. The third-order valence-electron chi connectivity index (χ3n) is 4.35. The Balaban J connectivity index is 2.18. The van der Waals surface area contributed by atoms with Crippen molar-refractivity contribution >= 4 is 27.4 Å². The van der Waals surface area contributed by atoms with Crippen molar-refractivity contribution in [1.29, 1.82) is 0 Å². The number of rotatable bonds is 5. The van der Waals surface area contributed by atoms with Gasteiger partial charge in [0.25, 0.3) is 0 Å². The number of esters is 1. The fourth-order valence-electron chi connectivity index (χ4n) is 3.06. The van der Waals surface area contributed by atoms with Gasteiger partial charge in [-0.15, -0.1) is 0 Å². The van der Waals surface area contributed by atoms with Crippen molar-refractivity contribution in [3.05, 3.63) is 24.3 Å². The molecule has 1 aromatic carbocycles. The van der Waals surface area contributed by atoms with Crippen molar-refractivity contribution < 1.29 is 22.7 Å². The van der Waals surface area contributed by atoms with Gasteiger partial charge in [0.15, 0.2) is 9.84 Å². The Morgan fingerprint density at radius 2 is 1.70 bits per heavy atom. The predicted molar refractivity (Wildman–Crippen MR) is 103 cm³/mol. The Hall–Kier alpha value is -1.93. The summed E-state index contributed by atoms with van der Waals surface area (Å²) in [6, 6.07) is 5.89. The minimum Gasteiger partial charge on any atom is -0.459 e. The maximum absolute atomic E-state index is 12.9. The van der Waals surface area contributed by atoms with Crippen molar-refractivity contribution in [3.63, 3.8) is 0 Å². The molecule has 1 saturated heterocycles. The van der Waals surface area contributed by atoms with Crippen LogP contribution in [0.15, 0.2) is 29.2 Å². The Bertz CT molecular complexity index is 775. The normalized spacial score (nSPS) is 17.2. The molecule has 1 atom stereocenters. The lowest BCUT2D eigenvalue weighted by atomic mass is 9.84. The van der Waals surface area contributed by atoms with Crippen LogP contribution in [0.5, 0.6) is 0 Å². The van der Waals surface area contributed by atoms with Crippen LogP contribution in [-0.4, -0.2) is 45.2 Å². The molecule has 1 unspecified atom stereocenters. The molecule has 1 heterocycles. The second kappa shape index (κ2) is 8.39. The number of piperidine rings is 1. The van der Waals surface area contributed by atoms with Crippen LogP contribution in [0.4, 0.5) is 5.69 Å². The lowest BCUT2D eigenvalue weighted by Gasteiger charge is -2.31. The van der Waals surface area contributed by atoms with Gasteiger partial charge in [-0.3, -0.25) is 9.59 Å². The summed E-state index contributed by atoms with van der Waals surface area (Å²) in [6.45, 7) is 6.81. The third kappa shape index (κ3) is 6.32. The Kier molecular flexibility index (Phi) is 6.64. The van der Waals surface area contributed by atoms with Gasteiger partial charge < -0.3 is 15.4 Å². The van der Waals surface area contributed by atoms with Crippen molar-refractivity contribution in [2.24, 2.45) is 11.8 Å². The fraction of sp³-hybridized carbons (Fsp3) is 0.579. The van der Waals surface area contributed by atoms with E-state index in [1.807, 2.05) is 0 Å². The summed E-state index contributed by atoms with van der Waals surface area (Å²) in [4.78, 5) is 25.7. The highest BCUT2D eigenvalue weighted by Crippen LogP contribution is 2.27. The summed E-state index contributed by atoms with van der Waals surface area (Å²) in [5.41, 5.74) is -0.241. The number of carbonyl (C=O) groups excluding carboxylic acids is 2. The SMILES string of the molecule is CC(C)(C)OC(=O)C(C(=O)Nc1ccc(S(C)(=O)=O)cc1)C1CCNCC1. The molecule has 2 N–H and O–H groups in total. The van der Waals surface area contributed by atoms with E-state index < -0.39 is 33.2 Å². The molecule has 0 aromatic heterocycles. The maximum Gasteiger partial charge on any atom is 0.319 e. The number of carbonyl (C=O) groups is 2. The third-order valence-corrected chi connectivity index (χ3v) is 5.48. The van der Waals surface area contributed by atoms with Crippen molar-refractivity contribution in [2.75, 3.05) is 24.7 Å². The largest absolute Gasteiger partial charge is 0.459 e. The van der Waals surface area contributed by atoms with Crippen LogP contribution in [-0.2, 0) is 24.2 Å². The van der Waals surface area contributed by atoms with E-state index in [1.165, 1.54) is 24.3 Å². The van der Waals surface area contributed by atoms with Gasteiger partial charge in [-0.1, -0.05) is 0 Å². The van der Waals surface area contributed by atoms with Crippen molar-refractivity contribution in [3.8, 4) is 0 Å². The van der Waals surface area contributed by atoms with E-state index in [0.29, 0.717) is 18.5 Å². The summed E-state index contributed by atoms with van der Waals surface area (Å²) in [7, 11) is -3.31. The maximum atomic E-state index is 12.9. The molecular formula is C19H28N2O5S. The molecule has 2 rings (SSSR count). The van der Waals surface area contributed by atoms with Gasteiger partial charge in [0.1, 0.15) is 11.5 Å². The molecular weight excluding hydrogens is 368 g/mol. The fourth-order valence-corrected chi connectivity index (χ4v) is 3.69. The summed E-state index contributed by atoms with van der Waals surface area (Å²) in [5.74, 6) is -1.96. The van der Waals surface area contributed by atoms with E-state index in [4.69, 9.17) is 4.74 Å². The molecule has 0 bridgehead atoms. The second-order valence-electron chi connectivity index (χ2n) is 7.88. The number of sulfone groups is 1. The van der Waals surface area contributed by atoms with Gasteiger partial charge in [-0.25, -0.2) is 8.42 Å². The lowest BCUT2D eigenvalue weighted by molar-refractivity contribution is -0.164. The highest BCUT2D eigenvalue weighted by Gasteiger charge is 2.38. The van der Waals surface area contributed by atoms with Crippen LogP contribution in [0.2, 0.25) is 0 Å². The van der Waals surface area contributed by atoms with Crippen LogP contribution in [0, 0.1) is 11.8 Å². The minimum absolute atomic E-state index is 0.101. The molecule has 150 valence electrons. The van der Waals surface area contributed by atoms with Crippen LogP contribution in [0.3, 0.4) is 0 Å². The molecule has 1 amide bonds. The second-order valence-corrected chi connectivity index (χ2v) is 9.90. The van der Waals surface area contributed by atoms with E-state index >= 15 is 0 Å². The van der Waals surface area contributed by atoms with Gasteiger partial charge in [-0.2, -0.15) is 0 Å². The summed E-state index contributed by atoms with van der Waals surface area (Å²) < 4.78 is 28.6. The van der Waals surface area contributed by atoms with E-state index in [1.54, 1.807) is 20.8 Å². The van der Waals surface area contributed by atoms with Crippen LogP contribution in [0.1, 0.15) is 33.6 Å². The van der Waals surface area contributed by atoms with Crippen molar-refractivity contribution in [1.82, 2.24) is 5.32 Å². The van der Waals surface area contributed by atoms with Gasteiger partial charge in [0.05, 0.1) is 4.90 Å². The Morgan fingerprint density at radius 1 is 1.15 bits per heavy atom. The molecule has 0 aliphatic carbocycles. The number of nitrogens with one attached hydrogen (secondary N) is 2. The van der Waals surface area contributed by atoms with Gasteiger partial charge in [-0.05, 0) is 76.9 Å². The lowest BCUT2D eigenvalue weighted by Crippen LogP contribution is -2.43. The zero-order valence-corrected chi connectivity index (χ0v) is 17.1. The summed E-state index contributed by atoms with van der Waals surface area (Å²) in [5, 5.41) is 5.95. The average Bonchev–Trinajstić information content (AvgIpc) is 2.54. The average molecular weight is 397 g/mol. The molecule has 1 aromatic rings. The first-order chi connectivity index (χ1) is 12.5. The smallest absolute Gasteiger partial charge is 0.319 e. The Morgan fingerprint density at radius 3 is 2.19 bits per heavy atom. The Labute approximate surface area is 160 Å². The molecule has 0 saturated carbocycles. The topological polar surface area (TPSA) is 102 Å². The zero-order valence-electron chi connectivity index (χ0n) is 16.2. The molecule has 0 radical (unpaired) electrons. The molecule has 8 heteroatoms. The predicted octanol–water partition coefficient (Wildman–Crippen LogP) is 1.99. The highest BCUT2D eigenvalue weighted by molar-refractivity contribution is 7.90. The first-order valence-electron chi connectivity index (χ1n) is 9.02. The van der Waals surface area contributed by atoms with E-state index in [9.17, 15) is 18.0 Å². The number of amides is 1. The van der Waals surface area contributed by atoms with Gasteiger partial charge >= 0.3 is 5.97 Å². The first-order valence-corrected chi connectivity index (χ1v) is 10.9. The summed E-state index contributed by atoms with van der Waals surface area (Å²) in [6.07, 6.45) is 2.55. The molecule has 1 fully saturated rings. The van der Waals surface area contributed by atoms with Gasteiger partial charge in [0.2, 0.25) is 5.91 Å². The van der Waals surface area contributed by atoms with E-state index in [0.717, 1.165) is 19.3 Å². The van der Waals surface area contributed by atoms with Crippen LogP contribution in [0.25, 0.3) is 0 Å². The number of anilines is 1. The minimum atomic E-state index is -3.31. The monoisotopic (exact) mass is 396 g/mol. The van der Waals surface area contributed by atoms with Crippen molar-refractivity contribution in [2.45, 2.75) is 44.1 Å². The molecule has 27 heavy (non-hydrogen) atoms. The standard InChI is InChI=1S/C19H28N2O5S/c1-19(2,3)26-18(23)16(13-9-11-20-12-10-13)17(22)21-14-5-7-15(8-6-14)27(4,24)25/h5-8,13,16,20H,9-12H2,1-4H3,(H,21,22). The van der Waals surface area contributed by atoms with Crippen LogP contribution < -0.4 is 10.6 Å². The zero-order chi connectivity index (χ0) is 20.2. The molecule has 0 spiro atoms. The van der Waals surface area contributed by atoms with E-state index in [2.05, 4.69) is 10.6 Å². The van der Waals surface area contributed by atoms with E-state index in [-0.39, 0.29) is 10.8 Å².